The molecule has 4 rings (SSSR count). The summed E-state index contributed by atoms with van der Waals surface area (Å²) in [4.78, 5) is 77.8. The fourth-order valence-corrected chi connectivity index (χ4v) is 4.94. The number of nitrogens with zero attached hydrogens (tertiary/aromatic N) is 2. The van der Waals surface area contributed by atoms with Gasteiger partial charge in [0.2, 0.25) is 23.6 Å². The van der Waals surface area contributed by atoms with Crippen molar-refractivity contribution in [2.24, 2.45) is 5.73 Å². The second kappa shape index (κ2) is 13.2. The lowest BCUT2D eigenvalue weighted by atomic mass is 10.0. The summed E-state index contributed by atoms with van der Waals surface area (Å²) in [6.07, 6.45) is 0.397. The highest BCUT2D eigenvalue weighted by molar-refractivity contribution is 6.31. The summed E-state index contributed by atoms with van der Waals surface area (Å²) in [6.45, 7) is 4.85. The van der Waals surface area contributed by atoms with Crippen LogP contribution in [0.15, 0.2) is 36.4 Å². The summed E-state index contributed by atoms with van der Waals surface area (Å²) in [5.74, 6) is -2.19. The molecule has 13 nitrogen and oxygen atoms in total. The number of carbonyl (C=O) groups is 6. The molecule has 7 amide bonds. The molecule has 43 heavy (non-hydrogen) atoms. The summed E-state index contributed by atoms with van der Waals surface area (Å²) < 4.78 is 0. The lowest BCUT2D eigenvalue weighted by Gasteiger charge is -2.29. The molecule has 0 aliphatic carbocycles. The minimum Gasteiger partial charge on any atom is -0.343 e. The highest BCUT2D eigenvalue weighted by Gasteiger charge is 2.39. The molecule has 0 spiro atoms. The van der Waals surface area contributed by atoms with Crippen LogP contribution in [0.4, 0.5) is 10.5 Å². The summed E-state index contributed by atoms with van der Waals surface area (Å²) in [6, 6.07) is 7.21. The molecule has 0 radical (unpaired) electrons. The Morgan fingerprint density at radius 2 is 1.86 bits per heavy atom. The van der Waals surface area contributed by atoms with Crippen molar-refractivity contribution >= 4 is 52.9 Å². The van der Waals surface area contributed by atoms with Crippen molar-refractivity contribution < 1.29 is 28.8 Å². The molecular formula is C29H34ClN7O6. The topological polar surface area (TPSA) is 183 Å². The Hall–Kier alpha value is -4.49. The number of piperidine rings is 1. The Morgan fingerprint density at radius 3 is 2.53 bits per heavy atom. The quantitative estimate of drug-likeness (QED) is 0.209. The van der Waals surface area contributed by atoms with Gasteiger partial charge >= 0.3 is 6.03 Å². The Balaban J connectivity index is 1.50. The maximum absolute atomic E-state index is 13.4. The lowest BCUT2D eigenvalue weighted by molar-refractivity contribution is -0.137. The third kappa shape index (κ3) is 7.48. The highest BCUT2D eigenvalue weighted by atomic mass is 35.5. The average molecular weight is 612 g/mol. The van der Waals surface area contributed by atoms with E-state index in [4.69, 9.17) is 17.3 Å². The van der Waals surface area contributed by atoms with Crippen molar-refractivity contribution in [3.05, 3.63) is 63.7 Å². The van der Waals surface area contributed by atoms with Gasteiger partial charge in [0.05, 0.1) is 12.7 Å². The first kappa shape index (κ1) is 31.4. The number of fused-ring (bicyclic) bond motifs is 1. The number of aryl methyl sites for hydroxylation is 1. The molecular weight excluding hydrogens is 578 g/mol. The van der Waals surface area contributed by atoms with Gasteiger partial charge in [-0.05, 0) is 62.1 Å². The van der Waals surface area contributed by atoms with E-state index < -0.39 is 41.9 Å². The van der Waals surface area contributed by atoms with Crippen LogP contribution in [0.3, 0.4) is 0 Å². The number of rotatable bonds is 9. The van der Waals surface area contributed by atoms with Gasteiger partial charge in [0.25, 0.3) is 5.91 Å². The van der Waals surface area contributed by atoms with Crippen molar-refractivity contribution in [2.45, 2.75) is 64.8 Å². The van der Waals surface area contributed by atoms with Crippen molar-refractivity contribution in [1.29, 1.82) is 0 Å². The van der Waals surface area contributed by atoms with E-state index in [1.165, 1.54) is 23.6 Å². The van der Waals surface area contributed by atoms with Crippen LogP contribution in [-0.2, 0) is 32.3 Å². The molecule has 14 heteroatoms. The van der Waals surface area contributed by atoms with Gasteiger partial charge in [-0.1, -0.05) is 29.8 Å². The first-order valence-corrected chi connectivity index (χ1v) is 14.1. The molecule has 2 aliphatic rings. The Morgan fingerprint density at radius 1 is 1.12 bits per heavy atom. The molecule has 0 aromatic heterocycles. The fraction of sp³-hybridized carbons (Fsp3) is 0.379. The normalized spacial score (nSPS) is 17.5. The van der Waals surface area contributed by atoms with E-state index in [0.717, 1.165) is 5.56 Å². The number of benzene rings is 2. The summed E-state index contributed by atoms with van der Waals surface area (Å²) >= 11 is 6.22. The van der Waals surface area contributed by atoms with Crippen molar-refractivity contribution in [3.8, 4) is 0 Å². The molecule has 0 bridgehead atoms. The number of amides is 7. The zero-order chi connectivity index (χ0) is 31.4. The Bertz CT molecular complexity index is 1480. The predicted molar refractivity (Wildman–Crippen MR) is 158 cm³/mol. The molecule has 1 fully saturated rings. The van der Waals surface area contributed by atoms with E-state index in [2.05, 4.69) is 21.3 Å². The van der Waals surface area contributed by atoms with Gasteiger partial charge in [-0.15, -0.1) is 0 Å². The van der Waals surface area contributed by atoms with E-state index in [1.54, 1.807) is 36.4 Å². The second-order valence-electron chi connectivity index (χ2n) is 10.7. The molecule has 2 heterocycles. The smallest absolute Gasteiger partial charge is 0.323 e. The molecule has 6 N–H and O–H groups in total. The van der Waals surface area contributed by atoms with Crippen LogP contribution in [0.2, 0.25) is 5.02 Å². The monoisotopic (exact) mass is 611 g/mol. The van der Waals surface area contributed by atoms with Gasteiger partial charge in [0.1, 0.15) is 12.1 Å². The van der Waals surface area contributed by atoms with Crippen LogP contribution in [-0.4, -0.2) is 70.2 Å². The molecule has 2 aliphatic heterocycles. The van der Waals surface area contributed by atoms with E-state index in [9.17, 15) is 28.8 Å². The van der Waals surface area contributed by atoms with Gasteiger partial charge in [-0.25, -0.2) is 4.79 Å². The summed E-state index contributed by atoms with van der Waals surface area (Å²) in [5.41, 5.74) is 8.63. The average Bonchev–Trinajstić information content (AvgIpc) is 3.27. The van der Waals surface area contributed by atoms with Crippen LogP contribution in [0.25, 0.3) is 0 Å². The van der Waals surface area contributed by atoms with Crippen molar-refractivity contribution in [1.82, 2.24) is 25.8 Å². The van der Waals surface area contributed by atoms with Crippen LogP contribution in [0, 0.1) is 6.92 Å². The molecule has 2 aromatic rings. The summed E-state index contributed by atoms with van der Waals surface area (Å²) in [7, 11) is 0. The SMILES string of the molecule is Cc1ccc(NC(=O)N(CNC(=O)[C@H](C)NC(=O)[C@H](C)N)Cc2ccc3c(c2)CN(C2CCC(=O)NC2=O)C3=O)cc1Cl. The van der Waals surface area contributed by atoms with E-state index in [-0.39, 0.29) is 44.4 Å². The number of nitrogens with one attached hydrogen (secondary N) is 4. The van der Waals surface area contributed by atoms with E-state index in [1.807, 2.05) is 6.92 Å². The fourth-order valence-electron chi connectivity index (χ4n) is 4.76. The first-order chi connectivity index (χ1) is 20.3. The number of carbonyl (C=O) groups excluding carboxylic acids is 6. The highest BCUT2D eigenvalue weighted by Crippen LogP contribution is 2.29. The minimum atomic E-state index is -0.899. The number of anilines is 1. The predicted octanol–water partition coefficient (Wildman–Crippen LogP) is 1.37. The molecule has 0 saturated carbocycles. The minimum absolute atomic E-state index is 0.0478. The molecule has 228 valence electrons. The van der Waals surface area contributed by atoms with Gasteiger partial charge in [-0.3, -0.25) is 29.3 Å². The Labute approximate surface area is 253 Å². The standard InChI is InChI=1S/C29H34ClN7O6/c1-15-4-6-20(11-22(15)30)34-29(43)36(14-32-26(40)17(3)33-25(39)16(2)31)12-18-5-7-21-19(10-18)13-37(28(21)42)23-8-9-24(38)35-27(23)41/h4-7,10-11,16-17,23H,8-9,12-14,31H2,1-3H3,(H,32,40)(H,33,39)(H,34,43)(H,35,38,41)/t16-,17-,23?/m0/s1. The molecule has 1 saturated heterocycles. The number of hydrogen-bond donors (Lipinski definition) is 5. The number of halogens is 1. The van der Waals surface area contributed by atoms with Crippen molar-refractivity contribution in [2.75, 3.05) is 12.0 Å². The van der Waals surface area contributed by atoms with Crippen molar-refractivity contribution in [3.63, 3.8) is 0 Å². The number of hydrogen-bond acceptors (Lipinski definition) is 7. The maximum atomic E-state index is 13.4. The van der Waals surface area contributed by atoms with Crippen LogP contribution in [0.5, 0.6) is 0 Å². The largest absolute Gasteiger partial charge is 0.343 e. The molecule has 3 atom stereocenters. The molecule has 1 unspecified atom stereocenters. The number of urea groups is 1. The second-order valence-corrected chi connectivity index (χ2v) is 11.1. The maximum Gasteiger partial charge on any atom is 0.323 e. The van der Waals surface area contributed by atoms with E-state index in [0.29, 0.717) is 27.4 Å². The third-order valence-electron chi connectivity index (χ3n) is 7.28. The van der Waals surface area contributed by atoms with Gasteiger partial charge in [-0.2, -0.15) is 0 Å². The summed E-state index contributed by atoms with van der Waals surface area (Å²) in [5, 5.41) is 10.7. The zero-order valence-electron chi connectivity index (χ0n) is 24.0. The van der Waals surface area contributed by atoms with Crippen LogP contribution >= 0.6 is 11.6 Å². The van der Waals surface area contributed by atoms with Gasteiger partial charge < -0.3 is 31.5 Å². The zero-order valence-corrected chi connectivity index (χ0v) is 24.8. The first-order valence-electron chi connectivity index (χ1n) is 13.8. The van der Waals surface area contributed by atoms with Crippen LogP contribution < -0.4 is 27.0 Å². The van der Waals surface area contributed by atoms with Crippen LogP contribution in [0.1, 0.15) is 53.7 Å². The number of nitrogens with two attached hydrogens (primary N) is 1. The third-order valence-corrected chi connectivity index (χ3v) is 7.69. The van der Waals surface area contributed by atoms with Gasteiger partial charge in [0, 0.05) is 35.8 Å². The molecule has 2 aromatic carbocycles. The van der Waals surface area contributed by atoms with E-state index >= 15 is 0 Å². The lowest BCUT2D eigenvalue weighted by Crippen LogP contribution is -2.52. The van der Waals surface area contributed by atoms with Gasteiger partial charge in [0.15, 0.2) is 0 Å². The Kier molecular flexibility index (Phi) is 9.66. The number of imide groups is 1.